The van der Waals surface area contributed by atoms with Crippen molar-refractivity contribution in [3.8, 4) is 0 Å². The summed E-state index contributed by atoms with van der Waals surface area (Å²) in [5.41, 5.74) is 0.400. The monoisotopic (exact) mass is 254 g/mol. The second-order valence-electron chi connectivity index (χ2n) is 4.66. The van der Waals surface area contributed by atoms with Gasteiger partial charge in [0.15, 0.2) is 0 Å². The lowest BCUT2D eigenvalue weighted by Gasteiger charge is -2.31. The summed E-state index contributed by atoms with van der Waals surface area (Å²) in [5.74, 6) is -3.74. The van der Waals surface area contributed by atoms with Crippen molar-refractivity contribution in [2.24, 2.45) is 5.92 Å². The van der Waals surface area contributed by atoms with Gasteiger partial charge in [-0.25, -0.2) is 8.78 Å². The van der Waals surface area contributed by atoms with E-state index < -0.39 is 11.8 Å². The summed E-state index contributed by atoms with van der Waals surface area (Å²) in [7, 11) is 0. The summed E-state index contributed by atoms with van der Waals surface area (Å²) in [6.07, 6.45) is 4.77. The minimum atomic E-state index is -2.65. The normalized spacial score (nSPS) is 22.4. The lowest BCUT2D eigenvalue weighted by molar-refractivity contribution is -0.0835. The van der Waals surface area contributed by atoms with Crippen LogP contribution >= 0.6 is 0 Å². The van der Waals surface area contributed by atoms with Gasteiger partial charge in [0.05, 0.1) is 5.56 Å². The van der Waals surface area contributed by atoms with Gasteiger partial charge in [0, 0.05) is 31.3 Å². The molecule has 1 fully saturated rings. The van der Waals surface area contributed by atoms with Crippen LogP contribution in [0.2, 0.25) is 0 Å². The fraction of sp³-hybridized carbons (Fsp3) is 0.538. The first kappa shape index (κ1) is 12.9. The van der Waals surface area contributed by atoms with E-state index in [0.29, 0.717) is 18.4 Å². The second-order valence-corrected chi connectivity index (χ2v) is 4.66. The standard InChI is InChI=1S/C13H16F2N2O/c14-13(15)6-2-1-5-11(13)9-17-12(18)10-4-3-7-16-8-10/h3-4,7-8,11H,1-2,5-6,9H2,(H,17,18). The topological polar surface area (TPSA) is 42.0 Å². The Kier molecular flexibility index (Phi) is 3.89. The Morgan fingerprint density at radius 1 is 1.50 bits per heavy atom. The lowest BCUT2D eigenvalue weighted by atomic mass is 9.85. The van der Waals surface area contributed by atoms with Crippen molar-refractivity contribution in [3.05, 3.63) is 30.1 Å². The third kappa shape index (κ3) is 3.03. The summed E-state index contributed by atoms with van der Waals surface area (Å²) >= 11 is 0. The molecule has 0 aliphatic heterocycles. The summed E-state index contributed by atoms with van der Waals surface area (Å²) < 4.78 is 27.1. The summed E-state index contributed by atoms with van der Waals surface area (Å²) in [4.78, 5) is 15.5. The van der Waals surface area contributed by atoms with Gasteiger partial charge in [0.2, 0.25) is 0 Å². The van der Waals surface area contributed by atoms with Crippen LogP contribution in [0.25, 0.3) is 0 Å². The molecule has 0 saturated heterocycles. The minimum absolute atomic E-state index is 0.0285. The van der Waals surface area contributed by atoms with Crippen LogP contribution in [0.5, 0.6) is 0 Å². The van der Waals surface area contributed by atoms with E-state index in [1.807, 2.05) is 0 Å². The van der Waals surface area contributed by atoms with Crippen molar-refractivity contribution in [1.29, 1.82) is 0 Å². The van der Waals surface area contributed by atoms with Crippen LogP contribution in [-0.2, 0) is 0 Å². The Labute approximate surface area is 105 Å². The van der Waals surface area contributed by atoms with E-state index in [2.05, 4.69) is 10.3 Å². The Hall–Kier alpha value is -1.52. The van der Waals surface area contributed by atoms with Gasteiger partial charge in [-0.15, -0.1) is 0 Å². The maximum Gasteiger partial charge on any atom is 0.252 e. The molecule has 1 saturated carbocycles. The van der Waals surface area contributed by atoms with E-state index in [-0.39, 0.29) is 18.9 Å². The first-order valence-corrected chi connectivity index (χ1v) is 6.15. The first-order valence-electron chi connectivity index (χ1n) is 6.15. The smallest absolute Gasteiger partial charge is 0.252 e. The van der Waals surface area contributed by atoms with Gasteiger partial charge >= 0.3 is 0 Å². The first-order chi connectivity index (χ1) is 8.59. The summed E-state index contributed by atoms with van der Waals surface area (Å²) in [6.45, 7) is 0.0285. The molecule has 1 unspecified atom stereocenters. The molecule has 1 N–H and O–H groups in total. The quantitative estimate of drug-likeness (QED) is 0.901. The van der Waals surface area contributed by atoms with Crippen molar-refractivity contribution >= 4 is 5.91 Å². The number of pyridine rings is 1. The number of alkyl halides is 2. The molecule has 1 amide bonds. The molecule has 98 valence electrons. The molecular weight excluding hydrogens is 238 g/mol. The van der Waals surface area contributed by atoms with Crippen LogP contribution < -0.4 is 5.32 Å². The third-order valence-electron chi connectivity index (χ3n) is 3.34. The van der Waals surface area contributed by atoms with E-state index in [9.17, 15) is 13.6 Å². The van der Waals surface area contributed by atoms with Gasteiger partial charge in [0.25, 0.3) is 11.8 Å². The fourth-order valence-electron chi connectivity index (χ4n) is 2.23. The molecule has 1 aliphatic carbocycles. The number of halogens is 2. The molecule has 1 heterocycles. The molecule has 0 radical (unpaired) electrons. The van der Waals surface area contributed by atoms with Gasteiger partial charge in [-0.2, -0.15) is 0 Å². The van der Waals surface area contributed by atoms with Crippen molar-refractivity contribution in [1.82, 2.24) is 10.3 Å². The number of carbonyl (C=O) groups excluding carboxylic acids is 1. The third-order valence-corrected chi connectivity index (χ3v) is 3.34. The molecule has 1 aromatic rings. The highest BCUT2D eigenvalue weighted by Gasteiger charge is 2.41. The highest BCUT2D eigenvalue weighted by Crippen LogP contribution is 2.37. The Balaban J connectivity index is 1.90. The molecular formula is C13H16F2N2O. The van der Waals surface area contributed by atoms with Crippen molar-refractivity contribution in [2.45, 2.75) is 31.6 Å². The minimum Gasteiger partial charge on any atom is -0.351 e. The predicted molar refractivity (Wildman–Crippen MR) is 63.5 cm³/mol. The Morgan fingerprint density at radius 2 is 2.33 bits per heavy atom. The summed E-state index contributed by atoms with van der Waals surface area (Å²) in [5, 5.41) is 2.57. The second kappa shape index (κ2) is 5.42. The maximum atomic E-state index is 13.6. The molecule has 0 spiro atoms. The zero-order chi connectivity index (χ0) is 13.0. The average molecular weight is 254 g/mol. The Bertz CT molecular complexity index is 409. The van der Waals surface area contributed by atoms with Gasteiger partial charge in [-0.3, -0.25) is 9.78 Å². The SMILES string of the molecule is O=C(NCC1CCCCC1(F)F)c1cccnc1. The summed E-state index contributed by atoms with van der Waals surface area (Å²) in [6, 6.07) is 3.26. The van der Waals surface area contributed by atoms with Gasteiger partial charge in [-0.05, 0) is 25.0 Å². The number of rotatable bonds is 3. The van der Waals surface area contributed by atoms with Crippen molar-refractivity contribution in [2.75, 3.05) is 6.54 Å². The highest BCUT2D eigenvalue weighted by molar-refractivity contribution is 5.93. The molecule has 18 heavy (non-hydrogen) atoms. The number of amides is 1. The molecule has 3 nitrogen and oxygen atoms in total. The van der Waals surface area contributed by atoms with Gasteiger partial charge in [-0.1, -0.05) is 6.42 Å². The fourth-order valence-corrected chi connectivity index (χ4v) is 2.23. The number of hydrogen-bond donors (Lipinski definition) is 1. The molecule has 1 aliphatic rings. The van der Waals surface area contributed by atoms with Crippen LogP contribution in [0.15, 0.2) is 24.5 Å². The number of carbonyl (C=O) groups is 1. The number of nitrogens with one attached hydrogen (secondary N) is 1. The van der Waals surface area contributed by atoms with Crippen LogP contribution in [0, 0.1) is 5.92 Å². The van der Waals surface area contributed by atoms with E-state index in [1.54, 1.807) is 18.3 Å². The molecule has 5 heteroatoms. The Morgan fingerprint density at radius 3 is 3.00 bits per heavy atom. The van der Waals surface area contributed by atoms with E-state index in [0.717, 1.165) is 6.42 Å². The molecule has 1 atom stereocenters. The van der Waals surface area contributed by atoms with Crippen molar-refractivity contribution in [3.63, 3.8) is 0 Å². The van der Waals surface area contributed by atoms with Crippen LogP contribution in [-0.4, -0.2) is 23.4 Å². The van der Waals surface area contributed by atoms with Gasteiger partial charge in [0.1, 0.15) is 0 Å². The molecule has 1 aromatic heterocycles. The molecule has 0 bridgehead atoms. The average Bonchev–Trinajstić information content (AvgIpc) is 2.38. The highest BCUT2D eigenvalue weighted by atomic mass is 19.3. The number of hydrogen-bond acceptors (Lipinski definition) is 2. The largest absolute Gasteiger partial charge is 0.351 e. The lowest BCUT2D eigenvalue weighted by Crippen LogP contribution is -2.40. The van der Waals surface area contributed by atoms with E-state index in [1.165, 1.54) is 6.20 Å². The zero-order valence-corrected chi connectivity index (χ0v) is 10.0. The molecule has 0 aromatic carbocycles. The number of nitrogens with zero attached hydrogens (tertiary/aromatic N) is 1. The van der Waals surface area contributed by atoms with Crippen LogP contribution in [0.1, 0.15) is 36.0 Å². The zero-order valence-electron chi connectivity index (χ0n) is 10.0. The van der Waals surface area contributed by atoms with E-state index >= 15 is 0 Å². The van der Waals surface area contributed by atoms with Gasteiger partial charge < -0.3 is 5.32 Å². The van der Waals surface area contributed by atoms with Crippen molar-refractivity contribution < 1.29 is 13.6 Å². The number of aromatic nitrogens is 1. The predicted octanol–water partition coefficient (Wildman–Crippen LogP) is 2.64. The van der Waals surface area contributed by atoms with Crippen LogP contribution in [0.3, 0.4) is 0 Å². The maximum absolute atomic E-state index is 13.6. The van der Waals surface area contributed by atoms with E-state index in [4.69, 9.17) is 0 Å². The molecule has 2 rings (SSSR count). The van der Waals surface area contributed by atoms with Crippen LogP contribution in [0.4, 0.5) is 8.78 Å².